The normalized spacial score (nSPS) is 18.4. The topological polar surface area (TPSA) is 66.4 Å². The summed E-state index contributed by atoms with van der Waals surface area (Å²) in [5.41, 5.74) is -0.955. The molecule has 0 spiro atoms. The van der Waals surface area contributed by atoms with Crippen molar-refractivity contribution in [2.45, 2.75) is 37.0 Å². The highest BCUT2D eigenvalue weighted by atomic mass is 35.5. The minimum absolute atomic E-state index is 0.0170. The molecule has 2 rings (SSSR count). The average Bonchev–Trinajstić information content (AvgIpc) is 2.79. The molecule has 1 aromatic carbocycles. The summed E-state index contributed by atoms with van der Waals surface area (Å²) < 4.78 is 39.7. The number of benzene rings is 1. The zero-order valence-electron chi connectivity index (χ0n) is 10.9. The first-order valence-corrected chi connectivity index (χ1v) is 8.46. The van der Waals surface area contributed by atoms with Crippen LogP contribution in [-0.4, -0.2) is 25.7 Å². The van der Waals surface area contributed by atoms with Crippen molar-refractivity contribution >= 4 is 21.6 Å². The van der Waals surface area contributed by atoms with Gasteiger partial charge in [-0.25, -0.2) is 17.5 Å². The van der Waals surface area contributed by atoms with Gasteiger partial charge in [-0.1, -0.05) is 24.4 Å². The van der Waals surface area contributed by atoms with Crippen molar-refractivity contribution in [3.05, 3.63) is 34.6 Å². The van der Waals surface area contributed by atoms with E-state index in [9.17, 15) is 17.9 Å². The minimum atomic E-state index is -3.71. The Morgan fingerprint density at radius 1 is 1.35 bits per heavy atom. The van der Waals surface area contributed by atoms with Gasteiger partial charge in [-0.3, -0.25) is 0 Å². The smallest absolute Gasteiger partial charge is 0.215 e. The number of hydrogen-bond donors (Lipinski definition) is 2. The Morgan fingerprint density at radius 3 is 2.65 bits per heavy atom. The molecule has 7 heteroatoms. The van der Waals surface area contributed by atoms with Crippen LogP contribution in [0.25, 0.3) is 0 Å². The zero-order chi connectivity index (χ0) is 14.8. The fourth-order valence-electron chi connectivity index (χ4n) is 2.36. The standard InChI is InChI=1S/C13H17ClFNO3S/c14-11-3-4-12(15)10(7-11)8-20(18,19)16-9-13(17)5-1-2-6-13/h3-4,7,16-17H,1-2,5-6,8-9H2. The van der Waals surface area contributed by atoms with Crippen molar-refractivity contribution in [1.29, 1.82) is 0 Å². The van der Waals surface area contributed by atoms with Crippen LogP contribution in [0.1, 0.15) is 31.2 Å². The Hall–Kier alpha value is -0.690. The second-order valence-electron chi connectivity index (χ2n) is 5.25. The van der Waals surface area contributed by atoms with Crippen LogP contribution < -0.4 is 4.72 Å². The Balaban J connectivity index is 2.02. The lowest BCUT2D eigenvalue weighted by Gasteiger charge is -2.22. The highest BCUT2D eigenvalue weighted by Gasteiger charge is 2.32. The summed E-state index contributed by atoms with van der Waals surface area (Å²) in [4.78, 5) is 0. The predicted octanol–water partition coefficient (Wildman–Crippen LogP) is 2.20. The SMILES string of the molecule is O=S(=O)(Cc1cc(Cl)ccc1F)NCC1(O)CCCC1. The van der Waals surface area contributed by atoms with Crippen LogP contribution in [0.4, 0.5) is 4.39 Å². The van der Waals surface area contributed by atoms with E-state index in [4.69, 9.17) is 11.6 Å². The Kier molecular flexibility index (Phi) is 4.69. The molecule has 1 aliphatic carbocycles. The summed E-state index contributed by atoms with van der Waals surface area (Å²) in [6.07, 6.45) is 2.95. The van der Waals surface area contributed by atoms with E-state index >= 15 is 0 Å². The molecule has 4 nitrogen and oxygen atoms in total. The van der Waals surface area contributed by atoms with Crippen molar-refractivity contribution in [2.75, 3.05) is 6.54 Å². The lowest BCUT2D eigenvalue weighted by atomic mass is 10.0. The third-order valence-electron chi connectivity index (χ3n) is 3.51. The fourth-order valence-corrected chi connectivity index (χ4v) is 3.78. The molecule has 0 aromatic heterocycles. The van der Waals surface area contributed by atoms with Crippen molar-refractivity contribution < 1.29 is 17.9 Å². The van der Waals surface area contributed by atoms with Crippen LogP contribution in [0.3, 0.4) is 0 Å². The van der Waals surface area contributed by atoms with Gasteiger partial charge in [0.2, 0.25) is 10.0 Å². The van der Waals surface area contributed by atoms with Crippen LogP contribution in [0, 0.1) is 5.82 Å². The highest BCUT2D eigenvalue weighted by Crippen LogP contribution is 2.28. The second kappa shape index (κ2) is 5.97. The summed E-state index contributed by atoms with van der Waals surface area (Å²) in [6, 6.07) is 3.79. The zero-order valence-corrected chi connectivity index (χ0v) is 12.5. The van der Waals surface area contributed by atoms with E-state index in [1.54, 1.807) is 0 Å². The van der Waals surface area contributed by atoms with E-state index in [1.165, 1.54) is 12.1 Å². The second-order valence-corrected chi connectivity index (χ2v) is 7.49. The lowest BCUT2D eigenvalue weighted by Crippen LogP contribution is -2.41. The van der Waals surface area contributed by atoms with Crippen molar-refractivity contribution in [3.8, 4) is 0 Å². The van der Waals surface area contributed by atoms with E-state index in [0.29, 0.717) is 12.8 Å². The summed E-state index contributed by atoms with van der Waals surface area (Å²) in [7, 11) is -3.71. The van der Waals surface area contributed by atoms with E-state index in [2.05, 4.69) is 4.72 Å². The Labute approximate surface area is 123 Å². The molecule has 0 radical (unpaired) electrons. The fraction of sp³-hybridized carbons (Fsp3) is 0.538. The van der Waals surface area contributed by atoms with Gasteiger partial charge in [-0.05, 0) is 31.0 Å². The molecule has 0 heterocycles. The number of halogens is 2. The molecule has 1 saturated carbocycles. The molecule has 1 aromatic rings. The number of hydrogen-bond acceptors (Lipinski definition) is 3. The molecule has 0 bridgehead atoms. The van der Waals surface area contributed by atoms with Gasteiger partial charge in [0.25, 0.3) is 0 Å². The number of aliphatic hydroxyl groups is 1. The van der Waals surface area contributed by atoms with Gasteiger partial charge in [0.15, 0.2) is 0 Å². The van der Waals surface area contributed by atoms with Gasteiger partial charge in [0, 0.05) is 17.1 Å². The van der Waals surface area contributed by atoms with Crippen molar-refractivity contribution in [3.63, 3.8) is 0 Å². The van der Waals surface area contributed by atoms with Crippen LogP contribution in [-0.2, 0) is 15.8 Å². The average molecular weight is 322 g/mol. The summed E-state index contributed by atoms with van der Waals surface area (Å²) in [5, 5.41) is 10.4. The third kappa shape index (κ3) is 4.15. The summed E-state index contributed by atoms with van der Waals surface area (Å²) in [5.74, 6) is -1.10. The molecule has 0 aliphatic heterocycles. The summed E-state index contributed by atoms with van der Waals surface area (Å²) >= 11 is 5.73. The first-order valence-electron chi connectivity index (χ1n) is 6.43. The molecule has 2 N–H and O–H groups in total. The van der Waals surface area contributed by atoms with E-state index in [1.807, 2.05) is 0 Å². The number of nitrogens with one attached hydrogen (secondary N) is 1. The first kappa shape index (κ1) is 15.7. The van der Waals surface area contributed by atoms with Crippen LogP contribution in [0.5, 0.6) is 0 Å². The lowest BCUT2D eigenvalue weighted by molar-refractivity contribution is 0.0531. The van der Waals surface area contributed by atoms with Crippen LogP contribution in [0.2, 0.25) is 5.02 Å². The molecule has 0 unspecified atom stereocenters. The maximum atomic E-state index is 13.5. The van der Waals surface area contributed by atoms with E-state index in [0.717, 1.165) is 18.9 Å². The molecule has 1 aliphatic rings. The predicted molar refractivity (Wildman–Crippen MR) is 75.5 cm³/mol. The van der Waals surface area contributed by atoms with Gasteiger partial charge >= 0.3 is 0 Å². The quantitative estimate of drug-likeness (QED) is 0.873. The molecule has 0 atom stereocenters. The molecule has 0 saturated heterocycles. The Morgan fingerprint density at radius 2 is 2.00 bits per heavy atom. The first-order chi connectivity index (χ1) is 9.30. The van der Waals surface area contributed by atoms with Gasteiger partial charge in [-0.15, -0.1) is 0 Å². The summed E-state index contributed by atoms with van der Waals surface area (Å²) in [6.45, 7) is -0.0302. The van der Waals surface area contributed by atoms with E-state index in [-0.39, 0.29) is 17.1 Å². The largest absolute Gasteiger partial charge is 0.389 e. The van der Waals surface area contributed by atoms with Gasteiger partial charge < -0.3 is 5.11 Å². The number of rotatable bonds is 5. The molecular formula is C13H17ClFNO3S. The van der Waals surface area contributed by atoms with Crippen LogP contribution in [0.15, 0.2) is 18.2 Å². The monoisotopic (exact) mass is 321 g/mol. The van der Waals surface area contributed by atoms with Crippen molar-refractivity contribution in [2.24, 2.45) is 0 Å². The van der Waals surface area contributed by atoms with Crippen LogP contribution >= 0.6 is 11.6 Å². The van der Waals surface area contributed by atoms with Crippen molar-refractivity contribution in [1.82, 2.24) is 4.72 Å². The maximum Gasteiger partial charge on any atom is 0.215 e. The van der Waals surface area contributed by atoms with E-state index < -0.39 is 27.2 Å². The Bertz CT molecular complexity index is 585. The van der Waals surface area contributed by atoms with Gasteiger partial charge in [0.1, 0.15) is 5.82 Å². The molecule has 20 heavy (non-hydrogen) atoms. The highest BCUT2D eigenvalue weighted by molar-refractivity contribution is 7.88. The van der Waals surface area contributed by atoms with Gasteiger partial charge in [-0.2, -0.15) is 0 Å². The minimum Gasteiger partial charge on any atom is -0.389 e. The molecule has 0 amide bonds. The molecule has 1 fully saturated rings. The molecular weight excluding hydrogens is 305 g/mol. The van der Waals surface area contributed by atoms with Gasteiger partial charge in [0.05, 0.1) is 11.4 Å². The molecule has 112 valence electrons. The third-order valence-corrected chi connectivity index (χ3v) is 5.02. The maximum absolute atomic E-state index is 13.5. The number of sulfonamides is 1.